The standard InChI is InChI=1S/C22H19N3O3S/c26-14-27-20-13-29-22(23-20)25-19-12-17(28-16-8-4-5-9-16)10-11-18(19)21(24-25)15-6-2-1-3-7-15/h1-3,6-7,10-14,16H,4-5,8-9H2. The predicted molar refractivity (Wildman–Crippen MR) is 112 cm³/mol. The van der Waals surface area contributed by atoms with Crippen LogP contribution in [0.3, 0.4) is 0 Å². The Hall–Kier alpha value is -3.19. The highest BCUT2D eigenvalue weighted by molar-refractivity contribution is 7.12. The zero-order chi connectivity index (χ0) is 19.6. The maximum absolute atomic E-state index is 10.6. The summed E-state index contributed by atoms with van der Waals surface area (Å²) in [5.74, 6) is 1.11. The van der Waals surface area contributed by atoms with Crippen LogP contribution in [0.15, 0.2) is 53.9 Å². The number of thiazole rings is 1. The number of carbonyl (C=O) groups excluding carboxylic acids is 1. The number of ether oxygens (including phenoxy) is 2. The molecule has 0 radical (unpaired) electrons. The zero-order valence-corrected chi connectivity index (χ0v) is 16.5. The number of fused-ring (bicyclic) bond motifs is 1. The molecule has 2 aromatic heterocycles. The first-order valence-electron chi connectivity index (χ1n) is 9.63. The van der Waals surface area contributed by atoms with E-state index in [1.54, 1.807) is 10.1 Å². The summed E-state index contributed by atoms with van der Waals surface area (Å²) < 4.78 is 12.9. The molecule has 5 rings (SSSR count). The molecule has 0 bridgehead atoms. The second-order valence-corrected chi connectivity index (χ2v) is 7.85. The highest BCUT2D eigenvalue weighted by Gasteiger charge is 2.20. The van der Waals surface area contributed by atoms with Gasteiger partial charge < -0.3 is 9.47 Å². The number of rotatable bonds is 6. The second kappa shape index (κ2) is 7.67. The van der Waals surface area contributed by atoms with E-state index in [4.69, 9.17) is 14.6 Å². The van der Waals surface area contributed by atoms with Crippen LogP contribution in [0, 0.1) is 0 Å². The van der Waals surface area contributed by atoms with Crippen LogP contribution in [-0.2, 0) is 4.79 Å². The lowest BCUT2D eigenvalue weighted by atomic mass is 10.1. The number of hydrogen-bond donors (Lipinski definition) is 0. The third kappa shape index (κ3) is 3.49. The van der Waals surface area contributed by atoms with Gasteiger partial charge >= 0.3 is 0 Å². The van der Waals surface area contributed by atoms with E-state index < -0.39 is 0 Å². The van der Waals surface area contributed by atoms with Crippen LogP contribution in [-0.4, -0.2) is 27.3 Å². The molecule has 1 aliphatic rings. The summed E-state index contributed by atoms with van der Waals surface area (Å²) in [5.41, 5.74) is 2.81. The van der Waals surface area contributed by atoms with Crippen molar-refractivity contribution in [3.05, 3.63) is 53.9 Å². The summed E-state index contributed by atoms with van der Waals surface area (Å²) in [6.07, 6.45) is 4.94. The molecule has 6 nitrogen and oxygen atoms in total. The van der Waals surface area contributed by atoms with Gasteiger partial charge in [-0.25, -0.2) is 4.68 Å². The normalized spacial score (nSPS) is 14.3. The van der Waals surface area contributed by atoms with Gasteiger partial charge in [0.1, 0.15) is 11.4 Å². The quantitative estimate of drug-likeness (QED) is 0.422. The van der Waals surface area contributed by atoms with E-state index in [9.17, 15) is 4.79 Å². The molecule has 0 unspecified atom stereocenters. The topological polar surface area (TPSA) is 66.2 Å². The van der Waals surface area contributed by atoms with Gasteiger partial charge in [-0.05, 0) is 37.8 Å². The smallest absolute Gasteiger partial charge is 0.299 e. The SMILES string of the molecule is O=COc1csc(-n2nc(-c3ccccc3)c3ccc(OC4CCCC4)cc32)n1. The van der Waals surface area contributed by atoms with Gasteiger partial charge in [0.2, 0.25) is 11.0 Å². The molecule has 1 fully saturated rings. The Balaban J connectivity index is 1.63. The number of carbonyl (C=O) groups is 1. The molecule has 146 valence electrons. The summed E-state index contributed by atoms with van der Waals surface area (Å²) in [7, 11) is 0. The lowest BCUT2D eigenvalue weighted by Crippen LogP contribution is -2.10. The van der Waals surface area contributed by atoms with E-state index in [1.165, 1.54) is 24.2 Å². The van der Waals surface area contributed by atoms with Crippen molar-refractivity contribution in [3.63, 3.8) is 0 Å². The summed E-state index contributed by atoms with van der Waals surface area (Å²) >= 11 is 1.37. The summed E-state index contributed by atoms with van der Waals surface area (Å²) in [6, 6.07) is 16.2. The molecule has 29 heavy (non-hydrogen) atoms. The van der Waals surface area contributed by atoms with Crippen molar-refractivity contribution in [1.29, 1.82) is 0 Å². The Kier molecular flexibility index (Phi) is 4.73. The first kappa shape index (κ1) is 17.9. The molecule has 0 aliphatic heterocycles. The minimum absolute atomic E-state index is 0.267. The molecule has 2 aromatic carbocycles. The van der Waals surface area contributed by atoms with Crippen LogP contribution in [0.25, 0.3) is 27.3 Å². The average Bonchev–Trinajstić information content (AvgIpc) is 3.49. The van der Waals surface area contributed by atoms with Crippen LogP contribution in [0.4, 0.5) is 0 Å². The first-order chi connectivity index (χ1) is 14.3. The number of hydrogen-bond acceptors (Lipinski definition) is 6. The van der Waals surface area contributed by atoms with E-state index in [0.717, 1.165) is 40.8 Å². The first-order valence-corrected chi connectivity index (χ1v) is 10.5. The molecule has 7 heteroatoms. The minimum Gasteiger partial charge on any atom is -0.490 e. The Morgan fingerprint density at radius 3 is 2.72 bits per heavy atom. The van der Waals surface area contributed by atoms with Crippen molar-refractivity contribution in [3.8, 4) is 28.0 Å². The van der Waals surface area contributed by atoms with Crippen LogP contribution >= 0.6 is 11.3 Å². The molecule has 4 aromatic rings. The zero-order valence-electron chi connectivity index (χ0n) is 15.7. The van der Waals surface area contributed by atoms with Crippen molar-refractivity contribution in [2.75, 3.05) is 0 Å². The van der Waals surface area contributed by atoms with Gasteiger partial charge in [0.05, 0.1) is 17.0 Å². The highest BCUT2D eigenvalue weighted by atomic mass is 32.1. The van der Waals surface area contributed by atoms with E-state index in [1.807, 2.05) is 42.5 Å². The van der Waals surface area contributed by atoms with E-state index in [2.05, 4.69) is 11.1 Å². The molecule has 0 amide bonds. The molecule has 0 atom stereocenters. The molecule has 0 N–H and O–H groups in total. The molecule has 1 saturated carbocycles. The summed E-state index contributed by atoms with van der Waals surface area (Å²) in [6.45, 7) is 0.378. The summed E-state index contributed by atoms with van der Waals surface area (Å²) in [5, 5.41) is 8.18. The highest BCUT2D eigenvalue weighted by Crippen LogP contribution is 2.34. The average molecular weight is 405 g/mol. The van der Waals surface area contributed by atoms with Crippen molar-refractivity contribution < 1.29 is 14.3 Å². The van der Waals surface area contributed by atoms with Gasteiger partial charge in [0.15, 0.2) is 0 Å². The van der Waals surface area contributed by atoms with Crippen LogP contribution in [0.2, 0.25) is 0 Å². The number of aromatic nitrogens is 3. The van der Waals surface area contributed by atoms with Crippen LogP contribution < -0.4 is 9.47 Å². The van der Waals surface area contributed by atoms with Crippen molar-refractivity contribution >= 4 is 28.7 Å². The fourth-order valence-corrected chi connectivity index (χ4v) is 4.47. The third-order valence-corrected chi connectivity index (χ3v) is 5.92. The lowest BCUT2D eigenvalue weighted by molar-refractivity contribution is -0.120. The fraction of sp³-hybridized carbons (Fsp3) is 0.227. The molecular formula is C22H19N3O3S. The predicted octanol–water partition coefficient (Wildman–Crippen LogP) is 5.01. The van der Waals surface area contributed by atoms with Crippen molar-refractivity contribution in [2.24, 2.45) is 0 Å². The van der Waals surface area contributed by atoms with Gasteiger partial charge in [-0.2, -0.15) is 10.1 Å². The maximum atomic E-state index is 10.6. The Morgan fingerprint density at radius 1 is 1.10 bits per heavy atom. The minimum atomic E-state index is 0.267. The van der Waals surface area contributed by atoms with E-state index in [0.29, 0.717) is 11.6 Å². The molecular weight excluding hydrogens is 386 g/mol. The summed E-state index contributed by atoms with van der Waals surface area (Å²) in [4.78, 5) is 15.0. The van der Waals surface area contributed by atoms with Crippen LogP contribution in [0.1, 0.15) is 25.7 Å². The number of nitrogens with zero attached hydrogens (tertiary/aromatic N) is 3. The van der Waals surface area contributed by atoms with Crippen LogP contribution in [0.5, 0.6) is 11.6 Å². The third-order valence-electron chi connectivity index (χ3n) is 5.13. The van der Waals surface area contributed by atoms with E-state index >= 15 is 0 Å². The largest absolute Gasteiger partial charge is 0.490 e. The fourth-order valence-electron chi connectivity index (χ4n) is 3.77. The van der Waals surface area contributed by atoms with Crippen molar-refractivity contribution in [2.45, 2.75) is 31.8 Å². The Labute approximate surface area is 171 Å². The van der Waals surface area contributed by atoms with Gasteiger partial charge in [0, 0.05) is 17.0 Å². The van der Waals surface area contributed by atoms with Crippen molar-refractivity contribution in [1.82, 2.24) is 14.8 Å². The second-order valence-electron chi connectivity index (χ2n) is 7.01. The molecule has 0 saturated heterocycles. The number of benzene rings is 2. The Bertz CT molecular complexity index is 1150. The lowest BCUT2D eigenvalue weighted by Gasteiger charge is -2.13. The van der Waals surface area contributed by atoms with Gasteiger partial charge in [-0.15, -0.1) is 0 Å². The molecule has 0 spiro atoms. The maximum Gasteiger partial charge on any atom is 0.299 e. The monoisotopic (exact) mass is 405 g/mol. The van der Waals surface area contributed by atoms with Gasteiger partial charge in [-0.1, -0.05) is 41.7 Å². The van der Waals surface area contributed by atoms with E-state index in [-0.39, 0.29) is 12.0 Å². The Morgan fingerprint density at radius 2 is 1.93 bits per heavy atom. The molecule has 2 heterocycles. The molecule has 1 aliphatic carbocycles. The van der Waals surface area contributed by atoms with Gasteiger partial charge in [0.25, 0.3) is 6.47 Å². The van der Waals surface area contributed by atoms with Gasteiger partial charge in [-0.3, -0.25) is 4.79 Å².